The summed E-state index contributed by atoms with van der Waals surface area (Å²) < 4.78 is 0. The third kappa shape index (κ3) is 12.0. The maximum absolute atomic E-state index is 13.0. The van der Waals surface area contributed by atoms with Gasteiger partial charge < -0.3 is 43.4 Å². The molecule has 0 aliphatic carbocycles. The predicted molar refractivity (Wildman–Crippen MR) is 123 cm³/mol. The van der Waals surface area contributed by atoms with E-state index in [1.54, 1.807) is 13.8 Å². The highest BCUT2D eigenvalue weighted by Crippen LogP contribution is 2.11. The number of hydrogen-bond acceptors (Lipinski definition) is 7. The van der Waals surface area contributed by atoms with Crippen molar-refractivity contribution in [3.63, 3.8) is 0 Å². The molecule has 0 fully saturated rings. The molecule has 34 heavy (non-hydrogen) atoms. The van der Waals surface area contributed by atoms with Crippen molar-refractivity contribution in [3.05, 3.63) is 0 Å². The van der Waals surface area contributed by atoms with Gasteiger partial charge in [-0.1, -0.05) is 20.3 Å². The molecule has 14 nitrogen and oxygen atoms in total. The highest BCUT2D eigenvalue weighted by molar-refractivity contribution is 5.94. The van der Waals surface area contributed by atoms with Gasteiger partial charge in [-0.2, -0.15) is 0 Å². The molecule has 0 saturated heterocycles. The van der Waals surface area contributed by atoms with E-state index in [-0.39, 0.29) is 25.3 Å². The van der Waals surface area contributed by atoms with Crippen molar-refractivity contribution in [1.82, 2.24) is 16.0 Å². The van der Waals surface area contributed by atoms with Crippen LogP contribution in [-0.2, 0) is 24.0 Å². The molecule has 0 bridgehead atoms. The summed E-state index contributed by atoms with van der Waals surface area (Å²) in [4.78, 5) is 63.9. The molecule has 11 N–H and O–H groups in total. The smallest absolute Gasteiger partial charge is 0.326 e. The van der Waals surface area contributed by atoms with E-state index in [1.165, 1.54) is 6.92 Å². The van der Waals surface area contributed by atoms with Crippen molar-refractivity contribution in [1.29, 1.82) is 0 Å². The first-order valence-corrected chi connectivity index (χ1v) is 11.0. The number of rotatable bonds is 16. The molecule has 0 saturated carbocycles. The number of guanidine groups is 1. The van der Waals surface area contributed by atoms with Gasteiger partial charge in [-0.25, -0.2) is 4.79 Å². The minimum atomic E-state index is -1.44. The monoisotopic (exact) mass is 487 g/mol. The van der Waals surface area contributed by atoms with Crippen LogP contribution in [-0.4, -0.2) is 76.5 Å². The molecule has 5 unspecified atom stereocenters. The standard InChI is InChI=1S/C20H37N7O7/c1-4-10(2)15(18(32)26-13(19(33)34)7-8-14(28)29)27-17(31)12(25-16(30)11(3)21)6-5-9-24-20(22)23/h10-13,15H,4-9,21H2,1-3H3,(H,25,30)(H,26,32)(H,27,31)(H,28,29)(H,33,34)(H4,22,23,24). The van der Waals surface area contributed by atoms with Crippen LogP contribution in [0, 0.1) is 5.92 Å². The predicted octanol–water partition coefficient (Wildman–Crippen LogP) is -2.16. The van der Waals surface area contributed by atoms with Gasteiger partial charge in [-0.3, -0.25) is 24.2 Å². The third-order valence-electron chi connectivity index (χ3n) is 5.05. The summed E-state index contributed by atoms with van der Waals surface area (Å²) in [6.07, 6.45) is 0.165. The fraction of sp³-hybridized carbons (Fsp3) is 0.700. The lowest BCUT2D eigenvalue weighted by atomic mass is 9.96. The van der Waals surface area contributed by atoms with Crippen molar-refractivity contribution in [2.45, 2.75) is 77.0 Å². The van der Waals surface area contributed by atoms with Crippen molar-refractivity contribution in [2.75, 3.05) is 6.54 Å². The topological polar surface area (TPSA) is 252 Å². The molecule has 3 amide bonds. The lowest BCUT2D eigenvalue weighted by Crippen LogP contribution is -2.58. The molecule has 0 aliphatic heterocycles. The zero-order valence-corrected chi connectivity index (χ0v) is 19.7. The highest BCUT2D eigenvalue weighted by atomic mass is 16.4. The van der Waals surface area contributed by atoms with E-state index in [2.05, 4.69) is 20.9 Å². The molecular weight excluding hydrogens is 450 g/mol. The molecule has 0 radical (unpaired) electrons. The van der Waals surface area contributed by atoms with Crippen LogP contribution in [0.4, 0.5) is 0 Å². The normalized spacial score (nSPS) is 15.1. The Bertz CT molecular complexity index is 754. The van der Waals surface area contributed by atoms with E-state index >= 15 is 0 Å². The van der Waals surface area contributed by atoms with Gasteiger partial charge in [0.1, 0.15) is 18.1 Å². The molecule has 0 aromatic heterocycles. The summed E-state index contributed by atoms with van der Waals surface area (Å²) in [5.41, 5.74) is 16.1. The Kier molecular flexibility index (Phi) is 13.9. The molecular formula is C20H37N7O7. The summed E-state index contributed by atoms with van der Waals surface area (Å²) >= 11 is 0. The van der Waals surface area contributed by atoms with Crippen LogP contribution in [0.2, 0.25) is 0 Å². The minimum Gasteiger partial charge on any atom is -0.481 e. The highest BCUT2D eigenvalue weighted by Gasteiger charge is 2.32. The van der Waals surface area contributed by atoms with Crippen LogP contribution in [0.3, 0.4) is 0 Å². The van der Waals surface area contributed by atoms with E-state index in [9.17, 15) is 29.1 Å². The Morgan fingerprint density at radius 2 is 1.47 bits per heavy atom. The average Bonchev–Trinajstić information content (AvgIpc) is 2.75. The molecule has 0 rings (SSSR count). The van der Waals surface area contributed by atoms with E-state index < -0.39 is 66.2 Å². The number of nitrogens with zero attached hydrogens (tertiary/aromatic N) is 1. The van der Waals surface area contributed by atoms with Gasteiger partial charge in [0.15, 0.2) is 5.96 Å². The number of nitrogens with one attached hydrogen (secondary N) is 3. The Morgan fingerprint density at radius 1 is 0.882 bits per heavy atom. The lowest BCUT2D eigenvalue weighted by Gasteiger charge is -2.28. The van der Waals surface area contributed by atoms with Gasteiger partial charge in [-0.05, 0) is 32.1 Å². The largest absolute Gasteiger partial charge is 0.481 e. The van der Waals surface area contributed by atoms with Gasteiger partial charge >= 0.3 is 11.9 Å². The lowest BCUT2D eigenvalue weighted by molar-refractivity contribution is -0.143. The molecule has 14 heteroatoms. The van der Waals surface area contributed by atoms with Crippen LogP contribution in [0.15, 0.2) is 4.99 Å². The second-order valence-electron chi connectivity index (χ2n) is 8.00. The zero-order chi connectivity index (χ0) is 26.4. The molecule has 194 valence electrons. The first-order chi connectivity index (χ1) is 15.8. The van der Waals surface area contributed by atoms with Gasteiger partial charge in [0, 0.05) is 13.0 Å². The van der Waals surface area contributed by atoms with Gasteiger partial charge in [0.05, 0.1) is 6.04 Å². The Balaban J connectivity index is 5.53. The zero-order valence-electron chi connectivity index (χ0n) is 19.7. The van der Waals surface area contributed by atoms with Crippen LogP contribution in [0.5, 0.6) is 0 Å². The fourth-order valence-electron chi connectivity index (χ4n) is 2.82. The molecule has 0 spiro atoms. The number of hydrogen-bond donors (Lipinski definition) is 8. The SMILES string of the molecule is CCC(C)C(NC(=O)C(CCCN=C(N)N)NC(=O)C(C)N)C(=O)NC(CCC(=O)O)C(=O)O. The Labute approximate surface area is 198 Å². The average molecular weight is 488 g/mol. The quantitative estimate of drug-likeness (QED) is 0.0664. The number of aliphatic carboxylic acids is 2. The number of carboxylic acid groups (broad SMARTS) is 2. The van der Waals surface area contributed by atoms with Crippen molar-refractivity contribution < 1.29 is 34.2 Å². The number of carboxylic acids is 2. The van der Waals surface area contributed by atoms with Crippen LogP contribution >= 0.6 is 0 Å². The maximum Gasteiger partial charge on any atom is 0.326 e. The molecule has 0 aromatic rings. The van der Waals surface area contributed by atoms with Crippen molar-refractivity contribution in [3.8, 4) is 0 Å². The number of aliphatic imine (C=N–C) groups is 1. The van der Waals surface area contributed by atoms with Gasteiger partial charge in [-0.15, -0.1) is 0 Å². The van der Waals surface area contributed by atoms with E-state index in [0.717, 1.165) is 0 Å². The summed E-state index contributed by atoms with van der Waals surface area (Å²) in [7, 11) is 0. The summed E-state index contributed by atoms with van der Waals surface area (Å²) in [5, 5.41) is 25.5. The number of carbonyl (C=O) groups is 5. The third-order valence-corrected chi connectivity index (χ3v) is 5.05. The number of amides is 3. The van der Waals surface area contributed by atoms with Gasteiger partial charge in [0.25, 0.3) is 0 Å². The van der Waals surface area contributed by atoms with Crippen LogP contribution in [0.25, 0.3) is 0 Å². The summed E-state index contributed by atoms with van der Waals surface area (Å²) in [5.74, 6) is -5.15. The first kappa shape index (κ1) is 30.6. The summed E-state index contributed by atoms with van der Waals surface area (Å²) in [6, 6.07) is -4.50. The first-order valence-electron chi connectivity index (χ1n) is 11.0. The molecule has 0 aliphatic rings. The number of carbonyl (C=O) groups excluding carboxylic acids is 3. The molecule has 0 heterocycles. The maximum atomic E-state index is 13.0. The Morgan fingerprint density at radius 3 is 1.94 bits per heavy atom. The molecule has 0 aromatic carbocycles. The van der Waals surface area contributed by atoms with Gasteiger partial charge in [0.2, 0.25) is 17.7 Å². The summed E-state index contributed by atoms with van der Waals surface area (Å²) in [6.45, 7) is 5.12. The Hall–Kier alpha value is -3.42. The van der Waals surface area contributed by atoms with Crippen LogP contribution < -0.4 is 33.2 Å². The van der Waals surface area contributed by atoms with Crippen molar-refractivity contribution >= 4 is 35.6 Å². The molecule has 5 atom stereocenters. The minimum absolute atomic E-state index is 0.120. The van der Waals surface area contributed by atoms with E-state index in [4.69, 9.17) is 22.3 Å². The fourth-order valence-corrected chi connectivity index (χ4v) is 2.82. The van der Waals surface area contributed by atoms with E-state index in [1.807, 2.05) is 0 Å². The van der Waals surface area contributed by atoms with Crippen molar-refractivity contribution in [2.24, 2.45) is 28.1 Å². The van der Waals surface area contributed by atoms with Crippen LogP contribution in [0.1, 0.15) is 52.9 Å². The number of nitrogens with two attached hydrogens (primary N) is 3. The second-order valence-corrected chi connectivity index (χ2v) is 8.00. The second kappa shape index (κ2) is 15.4. The van der Waals surface area contributed by atoms with E-state index in [0.29, 0.717) is 12.8 Å².